The average molecular weight is 478 g/mol. The molecule has 4 aliphatic rings. The van der Waals surface area contributed by atoms with Crippen molar-refractivity contribution in [3.63, 3.8) is 0 Å². The van der Waals surface area contributed by atoms with Gasteiger partial charge in [-0.15, -0.1) is 0 Å². The number of hydrogen-bond donors (Lipinski definition) is 2. The first kappa shape index (κ1) is 22.4. The Labute approximate surface area is 205 Å². The highest BCUT2D eigenvalue weighted by molar-refractivity contribution is 5.92. The standard InChI is InChI=1S/C28H31NO6/c30-14-17-1-3-18(4-2-17)15-32-27-13-22(20-7-8-24-25(11-20)34-16-33-24)12-26(35-27)28(31)29-23-10-19-5-6-21(23)9-19/h1-4,7-8,11-12,19,21-23,27,30H,5-6,9-10,13-16H2,(H,29,31)/t19?,21?,22-,23?,27+/m1/s1. The number of allylic oxidation sites excluding steroid dienone is 1. The summed E-state index contributed by atoms with van der Waals surface area (Å²) in [6.07, 6.45) is 6.72. The Balaban J connectivity index is 1.19. The van der Waals surface area contributed by atoms with E-state index in [0.717, 1.165) is 40.5 Å². The molecule has 0 aromatic heterocycles. The van der Waals surface area contributed by atoms with Crippen LogP contribution in [0.1, 0.15) is 54.7 Å². The number of aliphatic hydroxyl groups is 1. The molecule has 2 fully saturated rings. The smallest absolute Gasteiger partial charge is 0.286 e. The molecule has 2 N–H and O–H groups in total. The predicted molar refractivity (Wildman–Crippen MR) is 127 cm³/mol. The summed E-state index contributed by atoms with van der Waals surface area (Å²) < 4.78 is 23.2. The second-order valence-electron chi connectivity index (χ2n) is 10.1. The van der Waals surface area contributed by atoms with Crippen LogP contribution in [0.2, 0.25) is 0 Å². The molecule has 1 amide bonds. The van der Waals surface area contributed by atoms with Crippen molar-refractivity contribution in [3.05, 3.63) is 71.0 Å². The Bertz CT molecular complexity index is 1110. The molecule has 2 aromatic carbocycles. The maximum Gasteiger partial charge on any atom is 0.286 e. The van der Waals surface area contributed by atoms with Gasteiger partial charge in [-0.3, -0.25) is 4.79 Å². The fourth-order valence-corrected chi connectivity index (χ4v) is 5.89. The highest BCUT2D eigenvalue weighted by Gasteiger charge is 2.41. The van der Waals surface area contributed by atoms with E-state index < -0.39 is 6.29 Å². The summed E-state index contributed by atoms with van der Waals surface area (Å²) in [4.78, 5) is 13.3. The molecule has 184 valence electrons. The van der Waals surface area contributed by atoms with Gasteiger partial charge in [0.1, 0.15) is 0 Å². The zero-order chi connectivity index (χ0) is 23.8. The zero-order valence-electron chi connectivity index (χ0n) is 19.7. The van der Waals surface area contributed by atoms with Crippen LogP contribution < -0.4 is 14.8 Å². The van der Waals surface area contributed by atoms with Crippen molar-refractivity contribution < 1.29 is 28.8 Å². The van der Waals surface area contributed by atoms with Crippen LogP contribution in [0.15, 0.2) is 54.3 Å². The lowest BCUT2D eigenvalue weighted by atomic mass is 9.92. The van der Waals surface area contributed by atoms with Crippen molar-refractivity contribution in [2.45, 2.75) is 63.6 Å². The molecule has 5 atom stereocenters. The number of carbonyl (C=O) groups is 1. The number of carbonyl (C=O) groups excluding carboxylic acids is 1. The molecule has 2 aliphatic heterocycles. The Morgan fingerprint density at radius 3 is 2.60 bits per heavy atom. The van der Waals surface area contributed by atoms with Crippen LogP contribution in [0.25, 0.3) is 0 Å². The predicted octanol–water partition coefficient (Wildman–Crippen LogP) is 4.14. The van der Waals surface area contributed by atoms with Crippen molar-refractivity contribution in [3.8, 4) is 11.5 Å². The molecule has 6 rings (SSSR count). The minimum absolute atomic E-state index is 0.00987. The molecule has 2 aliphatic carbocycles. The Morgan fingerprint density at radius 1 is 1.00 bits per heavy atom. The number of amides is 1. The molecule has 7 nitrogen and oxygen atoms in total. The Kier molecular flexibility index (Phi) is 6.12. The van der Waals surface area contributed by atoms with E-state index in [1.165, 1.54) is 19.3 Å². The van der Waals surface area contributed by atoms with E-state index in [2.05, 4.69) is 5.32 Å². The molecule has 2 saturated carbocycles. The molecule has 3 unspecified atom stereocenters. The zero-order valence-corrected chi connectivity index (χ0v) is 19.7. The molecule has 2 heterocycles. The number of ether oxygens (including phenoxy) is 4. The molecular weight excluding hydrogens is 446 g/mol. The maximum atomic E-state index is 13.3. The molecule has 7 heteroatoms. The first-order valence-corrected chi connectivity index (χ1v) is 12.5. The number of hydrogen-bond acceptors (Lipinski definition) is 6. The first-order valence-electron chi connectivity index (χ1n) is 12.5. The normalized spacial score (nSPS) is 28.5. The van der Waals surface area contributed by atoms with E-state index >= 15 is 0 Å². The number of rotatable bonds is 7. The van der Waals surface area contributed by atoms with E-state index in [4.69, 9.17) is 18.9 Å². The SMILES string of the molecule is O=C(NC1CC2CCC1C2)C1=C[C@@H](c2ccc3c(c2)OCO3)C[C@@H](OCc2ccc(CO)cc2)O1. The van der Waals surface area contributed by atoms with Gasteiger partial charge in [0.15, 0.2) is 17.3 Å². The van der Waals surface area contributed by atoms with Gasteiger partial charge in [0, 0.05) is 18.4 Å². The number of aliphatic hydroxyl groups excluding tert-OH is 1. The molecule has 0 saturated heterocycles. The third kappa shape index (κ3) is 4.75. The van der Waals surface area contributed by atoms with Crippen LogP contribution in [-0.2, 0) is 27.5 Å². The highest BCUT2D eigenvalue weighted by atomic mass is 16.7. The van der Waals surface area contributed by atoms with E-state index in [-0.39, 0.29) is 31.3 Å². The number of fused-ring (bicyclic) bond motifs is 3. The molecular formula is C28H31NO6. The third-order valence-electron chi connectivity index (χ3n) is 7.80. The lowest BCUT2D eigenvalue weighted by Crippen LogP contribution is -2.41. The number of nitrogens with one attached hydrogen (secondary N) is 1. The summed E-state index contributed by atoms with van der Waals surface area (Å²) in [5, 5.41) is 12.5. The lowest BCUT2D eigenvalue weighted by Gasteiger charge is -2.31. The summed E-state index contributed by atoms with van der Waals surface area (Å²) in [6, 6.07) is 13.8. The van der Waals surface area contributed by atoms with Crippen molar-refractivity contribution in [2.75, 3.05) is 6.79 Å². The van der Waals surface area contributed by atoms with Gasteiger partial charge in [-0.1, -0.05) is 36.8 Å². The summed E-state index contributed by atoms with van der Waals surface area (Å²) in [5.41, 5.74) is 2.87. The molecule has 0 spiro atoms. The van der Waals surface area contributed by atoms with Crippen molar-refractivity contribution >= 4 is 5.91 Å². The van der Waals surface area contributed by atoms with Gasteiger partial charge in [-0.2, -0.15) is 0 Å². The third-order valence-corrected chi connectivity index (χ3v) is 7.80. The topological polar surface area (TPSA) is 86.3 Å². The summed E-state index contributed by atoms with van der Waals surface area (Å²) >= 11 is 0. The van der Waals surface area contributed by atoms with E-state index in [9.17, 15) is 9.90 Å². The minimum Gasteiger partial charge on any atom is -0.459 e. The quantitative estimate of drug-likeness (QED) is 0.623. The fraction of sp³-hybridized carbons (Fsp3) is 0.464. The molecule has 2 aromatic rings. The highest BCUT2D eigenvalue weighted by Crippen LogP contribution is 2.45. The summed E-state index contributed by atoms with van der Waals surface area (Å²) in [6.45, 7) is 0.585. The van der Waals surface area contributed by atoms with Gasteiger partial charge in [0.05, 0.1) is 13.2 Å². The first-order chi connectivity index (χ1) is 17.1. The van der Waals surface area contributed by atoms with Crippen molar-refractivity contribution in [1.29, 1.82) is 0 Å². The van der Waals surface area contributed by atoms with E-state index in [1.54, 1.807) is 0 Å². The van der Waals surface area contributed by atoms with Crippen LogP contribution in [0.3, 0.4) is 0 Å². The lowest BCUT2D eigenvalue weighted by molar-refractivity contribution is -0.150. The second kappa shape index (κ2) is 9.55. The Morgan fingerprint density at radius 2 is 1.83 bits per heavy atom. The van der Waals surface area contributed by atoms with Gasteiger partial charge in [-0.25, -0.2) is 0 Å². The van der Waals surface area contributed by atoms with Gasteiger partial charge in [0.25, 0.3) is 5.91 Å². The van der Waals surface area contributed by atoms with Crippen LogP contribution in [0.4, 0.5) is 0 Å². The van der Waals surface area contributed by atoms with Crippen LogP contribution >= 0.6 is 0 Å². The van der Waals surface area contributed by atoms with Crippen LogP contribution in [0, 0.1) is 11.8 Å². The fourth-order valence-electron chi connectivity index (χ4n) is 5.89. The largest absolute Gasteiger partial charge is 0.459 e. The van der Waals surface area contributed by atoms with Crippen molar-refractivity contribution in [2.24, 2.45) is 11.8 Å². The maximum absolute atomic E-state index is 13.3. The molecule has 35 heavy (non-hydrogen) atoms. The second-order valence-corrected chi connectivity index (χ2v) is 10.1. The number of benzene rings is 2. The van der Waals surface area contributed by atoms with Gasteiger partial charge in [0.2, 0.25) is 13.1 Å². The minimum atomic E-state index is -0.561. The van der Waals surface area contributed by atoms with Gasteiger partial charge < -0.3 is 29.4 Å². The molecule has 0 radical (unpaired) electrons. The van der Waals surface area contributed by atoms with E-state index in [1.807, 2.05) is 48.5 Å². The van der Waals surface area contributed by atoms with Crippen LogP contribution in [0.5, 0.6) is 11.5 Å². The van der Waals surface area contributed by atoms with E-state index in [0.29, 0.717) is 24.7 Å². The summed E-state index contributed by atoms with van der Waals surface area (Å²) in [7, 11) is 0. The van der Waals surface area contributed by atoms with Gasteiger partial charge >= 0.3 is 0 Å². The Hall–Kier alpha value is -3.03. The average Bonchev–Trinajstić information content (AvgIpc) is 3.64. The summed E-state index contributed by atoms with van der Waals surface area (Å²) in [5.74, 6) is 2.90. The molecule has 2 bridgehead atoms. The monoisotopic (exact) mass is 477 g/mol. The van der Waals surface area contributed by atoms with Crippen molar-refractivity contribution in [1.82, 2.24) is 5.32 Å². The van der Waals surface area contributed by atoms with Crippen LogP contribution in [-0.4, -0.2) is 30.1 Å². The van der Waals surface area contributed by atoms with Gasteiger partial charge in [-0.05, 0) is 66.0 Å².